The van der Waals surface area contributed by atoms with Crippen LogP contribution in [-0.4, -0.2) is 36.8 Å². The molecule has 7 nitrogen and oxygen atoms in total. The zero-order chi connectivity index (χ0) is 22.0. The van der Waals surface area contributed by atoms with Crippen molar-refractivity contribution in [2.45, 2.75) is 18.4 Å². The van der Waals surface area contributed by atoms with E-state index in [0.29, 0.717) is 12.2 Å². The number of halogens is 1. The molecule has 0 fully saturated rings. The molecule has 2 heterocycles. The van der Waals surface area contributed by atoms with Crippen molar-refractivity contribution < 1.29 is 17.6 Å². The van der Waals surface area contributed by atoms with Crippen molar-refractivity contribution in [3.05, 3.63) is 83.8 Å². The third kappa shape index (κ3) is 4.42. The van der Waals surface area contributed by atoms with Gasteiger partial charge >= 0.3 is 0 Å². The second-order valence-corrected chi connectivity index (χ2v) is 9.16. The first-order valence-corrected chi connectivity index (χ1v) is 11.1. The van der Waals surface area contributed by atoms with E-state index < -0.39 is 21.7 Å². The Bertz CT molecular complexity index is 1220. The lowest BCUT2D eigenvalue weighted by atomic mass is 10.1. The molecular formula is C22H21FN4O3S. The van der Waals surface area contributed by atoms with E-state index in [1.54, 1.807) is 11.0 Å². The second-order valence-electron chi connectivity index (χ2n) is 7.25. The normalized spacial score (nSPS) is 15.4. The third-order valence-corrected chi connectivity index (χ3v) is 6.77. The fraction of sp³-hybridized carbons (Fsp3) is 0.182. The molecule has 160 valence electrons. The number of aromatic nitrogens is 1. The minimum Gasteiger partial charge on any atom is -0.351 e. The van der Waals surface area contributed by atoms with E-state index in [4.69, 9.17) is 0 Å². The molecule has 0 bridgehead atoms. The number of anilines is 2. The number of benzene rings is 2. The molecular weight excluding hydrogens is 419 g/mol. The van der Waals surface area contributed by atoms with Gasteiger partial charge < -0.3 is 10.2 Å². The molecule has 1 amide bonds. The zero-order valence-electron chi connectivity index (χ0n) is 16.8. The van der Waals surface area contributed by atoms with E-state index in [9.17, 15) is 17.6 Å². The maximum absolute atomic E-state index is 13.8. The van der Waals surface area contributed by atoms with E-state index in [1.165, 1.54) is 36.5 Å². The first kappa shape index (κ1) is 21.0. The van der Waals surface area contributed by atoms with E-state index in [1.807, 2.05) is 31.2 Å². The summed E-state index contributed by atoms with van der Waals surface area (Å²) in [4.78, 5) is 18.3. The number of nitrogens with zero attached hydrogens (tertiary/aromatic N) is 3. The van der Waals surface area contributed by atoms with Gasteiger partial charge in [-0.15, -0.1) is 0 Å². The van der Waals surface area contributed by atoms with Gasteiger partial charge in [-0.25, -0.2) is 17.8 Å². The predicted molar refractivity (Wildman–Crippen MR) is 115 cm³/mol. The number of fused-ring (bicyclic) bond motifs is 1. The molecule has 0 radical (unpaired) electrons. The van der Waals surface area contributed by atoms with Gasteiger partial charge in [-0.1, -0.05) is 35.9 Å². The summed E-state index contributed by atoms with van der Waals surface area (Å²) in [6, 6.07) is 16.4. The van der Waals surface area contributed by atoms with Crippen molar-refractivity contribution in [3.8, 4) is 0 Å². The summed E-state index contributed by atoms with van der Waals surface area (Å²) in [5.74, 6) is -0.689. The number of aryl methyl sites for hydroxylation is 1. The van der Waals surface area contributed by atoms with Crippen LogP contribution in [0.2, 0.25) is 0 Å². The van der Waals surface area contributed by atoms with Gasteiger partial charge in [-0.3, -0.25) is 4.79 Å². The monoisotopic (exact) mass is 440 g/mol. The van der Waals surface area contributed by atoms with Crippen molar-refractivity contribution >= 4 is 27.4 Å². The summed E-state index contributed by atoms with van der Waals surface area (Å²) in [5.41, 5.74) is 2.47. The average molecular weight is 441 g/mol. The molecule has 0 atom stereocenters. The highest BCUT2D eigenvalue weighted by Crippen LogP contribution is 2.36. The van der Waals surface area contributed by atoms with Crippen molar-refractivity contribution in [2.75, 3.05) is 18.1 Å². The molecule has 0 aliphatic carbocycles. The van der Waals surface area contributed by atoms with Crippen LogP contribution >= 0.6 is 0 Å². The van der Waals surface area contributed by atoms with Gasteiger partial charge in [0, 0.05) is 18.4 Å². The Morgan fingerprint density at radius 2 is 1.90 bits per heavy atom. The number of nitrogens with one attached hydrogen (secondary N) is 1. The number of carbonyl (C=O) groups is 1. The number of rotatable bonds is 5. The third-order valence-electron chi connectivity index (χ3n) is 4.97. The number of hydrogen-bond donors (Lipinski definition) is 1. The van der Waals surface area contributed by atoms with Crippen LogP contribution in [0.5, 0.6) is 0 Å². The van der Waals surface area contributed by atoms with Crippen LogP contribution in [0.1, 0.15) is 11.1 Å². The number of amides is 1. The van der Waals surface area contributed by atoms with Crippen LogP contribution in [-0.2, 0) is 21.4 Å². The highest BCUT2D eigenvalue weighted by atomic mass is 32.2. The minimum atomic E-state index is -3.94. The molecule has 1 N–H and O–H groups in total. The zero-order valence-corrected chi connectivity index (χ0v) is 17.6. The first-order chi connectivity index (χ1) is 14.8. The first-order valence-electron chi connectivity index (χ1n) is 9.65. The fourth-order valence-electron chi connectivity index (χ4n) is 3.33. The molecule has 0 saturated carbocycles. The SMILES string of the molecule is Cc1ccc(CNC(=O)CN2CN(c3cccc(F)c3)c3ncccc3S2(=O)=O)cc1. The topological polar surface area (TPSA) is 82.6 Å². The molecule has 3 aromatic rings. The maximum Gasteiger partial charge on any atom is 0.248 e. The Morgan fingerprint density at radius 3 is 2.65 bits per heavy atom. The lowest BCUT2D eigenvalue weighted by Gasteiger charge is -2.36. The molecule has 4 rings (SSSR count). The van der Waals surface area contributed by atoms with Crippen molar-refractivity contribution in [3.63, 3.8) is 0 Å². The Morgan fingerprint density at radius 1 is 1.13 bits per heavy atom. The molecule has 0 unspecified atom stereocenters. The number of sulfonamides is 1. The van der Waals surface area contributed by atoms with Crippen LogP contribution in [0, 0.1) is 12.7 Å². The average Bonchev–Trinajstić information content (AvgIpc) is 2.75. The van der Waals surface area contributed by atoms with Crippen molar-refractivity contribution in [1.29, 1.82) is 0 Å². The van der Waals surface area contributed by atoms with Crippen LogP contribution in [0.25, 0.3) is 0 Å². The molecule has 31 heavy (non-hydrogen) atoms. The van der Waals surface area contributed by atoms with Gasteiger partial charge in [0.05, 0.1) is 13.2 Å². The smallest absolute Gasteiger partial charge is 0.248 e. The lowest BCUT2D eigenvalue weighted by Crippen LogP contribution is -2.48. The van der Waals surface area contributed by atoms with Gasteiger partial charge in [-0.05, 0) is 42.8 Å². The Balaban J connectivity index is 1.57. The van der Waals surface area contributed by atoms with E-state index >= 15 is 0 Å². The standard InChI is InChI=1S/C22H21FN4O3S/c1-16-7-9-17(10-8-16)13-25-21(28)14-26-15-27(19-5-2-4-18(23)12-19)22-20(31(26,29)30)6-3-11-24-22/h2-12H,13-15H2,1H3,(H,25,28). The maximum atomic E-state index is 13.8. The van der Waals surface area contributed by atoms with Crippen LogP contribution < -0.4 is 10.2 Å². The quantitative estimate of drug-likeness (QED) is 0.660. The number of hydrogen-bond acceptors (Lipinski definition) is 5. The fourth-order valence-corrected chi connectivity index (χ4v) is 4.81. The molecule has 9 heteroatoms. The highest BCUT2D eigenvalue weighted by Gasteiger charge is 2.38. The van der Waals surface area contributed by atoms with Crippen LogP contribution in [0.3, 0.4) is 0 Å². The van der Waals surface area contributed by atoms with Gasteiger partial charge in [0.2, 0.25) is 15.9 Å². The summed E-state index contributed by atoms with van der Waals surface area (Å²) < 4.78 is 41.1. The Labute approximate surface area is 180 Å². The summed E-state index contributed by atoms with van der Waals surface area (Å²) in [7, 11) is -3.94. The van der Waals surface area contributed by atoms with Gasteiger partial charge in [0.15, 0.2) is 5.82 Å². The van der Waals surface area contributed by atoms with Crippen molar-refractivity contribution in [1.82, 2.24) is 14.6 Å². The predicted octanol–water partition coefficient (Wildman–Crippen LogP) is 2.95. The Hall–Kier alpha value is -3.30. The van der Waals surface area contributed by atoms with E-state index in [0.717, 1.165) is 15.4 Å². The van der Waals surface area contributed by atoms with E-state index in [2.05, 4.69) is 10.3 Å². The van der Waals surface area contributed by atoms with Crippen LogP contribution in [0.15, 0.2) is 71.8 Å². The van der Waals surface area contributed by atoms with Crippen LogP contribution in [0.4, 0.5) is 15.9 Å². The minimum absolute atomic E-state index is 0.0307. The summed E-state index contributed by atoms with van der Waals surface area (Å²) in [6.07, 6.45) is 1.48. The number of carbonyl (C=O) groups excluding carboxylic acids is 1. The largest absolute Gasteiger partial charge is 0.351 e. The van der Waals surface area contributed by atoms with E-state index in [-0.39, 0.29) is 23.9 Å². The lowest BCUT2D eigenvalue weighted by molar-refractivity contribution is -0.121. The highest BCUT2D eigenvalue weighted by molar-refractivity contribution is 7.89. The summed E-state index contributed by atoms with van der Waals surface area (Å²) in [6.45, 7) is 1.74. The summed E-state index contributed by atoms with van der Waals surface area (Å²) in [5, 5.41) is 2.75. The summed E-state index contributed by atoms with van der Waals surface area (Å²) >= 11 is 0. The molecule has 1 aromatic heterocycles. The van der Waals surface area contributed by atoms with Crippen molar-refractivity contribution in [2.24, 2.45) is 0 Å². The van der Waals surface area contributed by atoms with Gasteiger partial charge in [0.25, 0.3) is 0 Å². The molecule has 1 aliphatic heterocycles. The molecule has 0 saturated heterocycles. The second kappa shape index (κ2) is 8.44. The van der Waals surface area contributed by atoms with Gasteiger partial charge in [-0.2, -0.15) is 4.31 Å². The molecule has 0 spiro atoms. The Kier molecular flexibility index (Phi) is 5.71. The molecule has 1 aliphatic rings. The molecule has 2 aromatic carbocycles. The van der Waals surface area contributed by atoms with Gasteiger partial charge in [0.1, 0.15) is 10.7 Å². The number of pyridine rings is 1.